The van der Waals surface area contributed by atoms with Crippen molar-refractivity contribution >= 4 is 29.0 Å². The van der Waals surface area contributed by atoms with Crippen molar-refractivity contribution in [3.8, 4) is 0 Å². The Bertz CT molecular complexity index is 1360. The number of benzene rings is 2. The quantitative estimate of drug-likeness (QED) is 0.352. The van der Waals surface area contributed by atoms with E-state index in [1.54, 1.807) is 25.7 Å². The number of esters is 1. The second kappa shape index (κ2) is 12.7. The number of methoxy groups -OCH3 is 1. The third-order valence-electron chi connectivity index (χ3n) is 7.19. The van der Waals surface area contributed by atoms with Gasteiger partial charge in [-0.15, -0.1) is 0 Å². The number of likely N-dealkylation sites (tertiary alicyclic amines) is 1. The maximum absolute atomic E-state index is 14.4. The molecule has 0 aliphatic carbocycles. The van der Waals surface area contributed by atoms with Gasteiger partial charge >= 0.3 is 12.1 Å². The van der Waals surface area contributed by atoms with Gasteiger partial charge in [0, 0.05) is 26.2 Å². The minimum absolute atomic E-state index is 0.148. The van der Waals surface area contributed by atoms with Crippen molar-refractivity contribution in [2.45, 2.75) is 65.6 Å². The number of piperidine rings is 1. The van der Waals surface area contributed by atoms with Crippen LogP contribution in [-0.4, -0.2) is 75.7 Å². The van der Waals surface area contributed by atoms with E-state index in [1.165, 1.54) is 17.6 Å². The zero-order chi connectivity index (χ0) is 29.7. The van der Waals surface area contributed by atoms with E-state index in [9.17, 15) is 14.4 Å². The molecule has 1 fully saturated rings. The van der Waals surface area contributed by atoms with Crippen LogP contribution in [0.1, 0.15) is 57.2 Å². The molecule has 0 spiro atoms. The van der Waals surface area contributed by atoms with E-state index in [1.807, 2.05) is 60.9 Å². The van der Waals surface area contributed by atoms with E-state index in [2.05, 4.69) is 12.1 Å². The van der Waals surface area contributed by atoms with Crippen LogP contribution in [0, 0.1) is 11.8 Å². The molecule has 1 aliphatic rings. The molecule has 3 aromatic rings. The fraction of sp³-hybridized carbons (Fsp3) is 0.500. The molecule has 0 saturated carbocycles. The zero-order valence-electron chi connectivity index (χ0n) is 25.0. The number of nitrogens with zero attached hydrogens (tertiary/aromatic N) is 4. The lowest BCUT2D eigenvalue weighted by Gasteiger charge is -2.42. The van der Waals surface area contributed by atoms with E-state index >= 15 is 0 Å². The minimum atomic E-state index is -0.693. The topological polar surface area (TPSA) is 94.0 Å². The lowest BCUT2D eigenvalue weighted by Crippen LogP contribution is -2.57. The average molecular weight is 563 g/mol. The molecule has 1 saturated heterocycles. The van der Waals surface area contributed by atoms with Crippen molar-refractivity contribution in [1.82, 2.24) is 19.4 Å². The Labute approximate surface area is 242 Å². The average Bonchev–Trinajstić information content (AvgIpc) is 3.31. The van der Waals surface area contributed by atoms with Crippen LogP contribution in [-0.2, 0) is 27.2 Å². The number of hydrogen-bond acceptors (Lipinski definition) is 6. The summed E-state index contributed by atoms with van der Waals surface area (Å²) in [5, 5.41) is 0. The molecule has 9 heteroatoms. The zero-order valence-corrected chi connectivity index (χ0v) is 25.0. The molecule has 1 aromatic heterocycles. The van der Waals surface area contributed by atoms with Crippen molar-refractivity contribution in [2.75, 3.05) is 26.7 Å². The van der Waals surface area contributed by atoms with Gasteiger partial charge in [0.05, 0.1) is 30.1 Å². The van der Waals surface area contributed by atoms with Crippen molar-refractivity contribution in [2.24, 2.45) is 11.8 Å². The molecular weight excluding hydrogens is 520 g/mol. The number of para-hydroxylation sites is 2. The van der Waals surface area contributed by atoms with Gasteiger partial charge in [-0.1, -0.05) is 56.3 Å². The Balaban J connectivity index is 1.70. The van der Waals surface area contributed by atoms with Gasteiger partial charge < -0.3 is 23.8 Å². The number of ether oxygens (including phenoxy) is 2. The van der Waals surface area contributed by atoms with Crippen LogP contribution in [0.2, 0.25) is 0 Å². The van der Waals surface area contributed by atoms with Crippen molar-refractivity contribution in [1.29, 1.82) is 0 Å². The van der Waals surface area contributed by atoms with Gasteiger partial charge in [-0.2, -0.15) is 0 Å². The van der Waals surface area contributed by atoms with Crippen LogP contribution in [0.5, 0.6) is 0 Å². The van der Waals surface area contributed by atoms with Gasteiger partial charge in [0.2, 0.25) is 0 Å². The molecule has 0 unspecified atom stereocenters. The first-order valence-electron chi connectivity index (χ1n) is 14.3. The van der Waals surface area contributed by atoms with Crippen LogP contribution in [0.15, 0.2) is 54.6 Å². The highest BCUT2D eigenvalue weighted by molar-refractivity contribution is 5.95. The lowest BCUT2D eigenvalue weighted by atomic mass is 9.92. The van der Waals surface area contributed by atoms with Crippen molar-refractivity contribution in [3.05, 3.63) is 66.0 Å². The first-order valence-corrected chi connectivity index (χ1v) is 14.3. The molecule has 0 N–H and O–H groups in total. The van der Waals surface area contributed by atoms with Gasteiger partial charge in [-0.05, 0) is 57.2 Å². The number of amides is 2. The second-order valence-electron chi connectivity index (χ2n) is 12.2. The maximum Gasteiger partial charge on any atom is 0.410 e. The fourth-order valence-electron chi connectivity index (χ4n) is 5.38. The summed E-state index contributed by atoms with van der Waals surface area (Å²) in [5.74, 6) is -0.704. The standard InChI is InChI=1S/C32H42N4O5/c1-22(2)19-36(25-18-24(30(38)40-6)20-34(21-25)31(39)41-32(3,4)5)29(37)28-33-26-14-10-11-15-27(26)35(28)17-16-23-12-8-7-9-13-23/h7-15,22,24-25H,16-21H2,1-6H3/t24-,25+/m1/s1. The second-order valence-corrected chi connectivity index (χ2v) is 12.2. The highest BCUT2D eigenvalue weighted by Gasteiger charge is 2.41. The van der Waals surface area contributed by atoms with Gasteiger partial charge in [-0.25, -0.2) is 9.78 Å². The summed E-state index contributed by atoms with van der Waals surface area (Å²) in [6, 6.07) is 17.5. The minimum Gasteiger partial charge on any atom is -0.469 e. The summed E-state index contributed by atoms with van der Waals surface area (Å²) in [6.07, 6.45) is 0.615. The molecule has 2 atom stereocenters. The van der Waals surface area contributed by atoms with Crippen LogP contribution < -0.4 is 0 Å². The molecule has 41 heavy (non-hydrogen) atoms. The first-order chi connectivity index (χ1) is 19.5. The van der Waals surface area contributed by atoms with E-state index in [-0.39, 0.29) is 24.9 Å². The summed E-state index contributed by atoms with van der Waals surface area (Å²) in [5.41, 5.74) is 2.12. The third-order valence-corrected chi connectivity index (χ3v) is 7.19. The van der Waals surface area contributed by atoms with Crippen LogP contribution >= 0.6 is 0 Å². The number of aryl methyl sites for hydroxylation is 2. The molecule has 220 valence electrons. The van der Waals surface area contributed by atoms with E-state index in [0.29, 0.717) is 25.3 Å². The van der Waals surface area contributed by atoms with Gasteiger partial charge in [0.25, 0.3) is 5.91 Å². The number of aromatic nitrogens is 2. The summed E-state index contributed by atoms with van der Waals surface area (Å²) < 4.78 is 12.7. The lowest BCUT2D eigenvalue weighted by molar-refractivity contribution is -0.148. The van der Waals surface area contributed by atoms with Crippen LogP contribution in [0.3, 0.4) is 0 Å². The number of carbonyl (C=O) groups excluding carboxylic acids is 3. The Morgan fingerprint density at radius 3 is 2.37 bits per heavy atom. The fourth-order valence-corrected chi connectivity index (χ4v) is 5.38. The molecule has 4 rings (SSSR count). The molecule has 2 heterocycles. The summed E-state index contributed by atoms with van der Waals surface area (Å²) >= 11 is 0. The SMILES string of the molecule is COC(=O)[C@@H]1C[C@H](N(CC(C)C)C(=O)c2nc3ccccc3n2CCc2ccccc2)CN(C(=O)OC(C)(C)C)C1. The van der Waals surface area contributed by atoms with E-state index in [0.717, 1.165) is 17.5 Å². The molecule has 2 amide bonds. The highest BCUT2D eigenvalue weighted by Crippen LogP contribution is 2.27. The molecular formula is C32H42N4O5. The number of rotatable bonds is 8. The smallest absolute Gasteiger partial charge is 0.410 e. The Morgan fingerprint density at radius 2 is 1.71 bits per heavy atom. The van der Waals surface area contributed by atoms with E-state index in [4.69, 9.17) is 14.5 Å². The maximum atomic E-state index is 14.4. The highest BCUT2D eigenvalue weighted by atomic mass is 16.6. The number of fused-ring (bicyclic) bond motifs is 1. The molecule has 9 nitrogen and oxygen atoms in total. The molecule has 0 radical (unpaired) electrons. The molecule has 2 aromatic carbocycles. The Morgan fingerprint density at radius 1 is 1.02 bits per heavy atom. The Kier molecular flexibility index (Phi) is 9.35. The largest absolute Gasteiger partial charge is 0.469 e. The molecule has 1 aliphatic heterocycles. The van der Waals surface area contributed by atoms with Crippen LogP contribution in [0.4, 0.5) is 4.79 Å². The van der Waals surface area contributed by atoms with Gasteiger partial charge in [0.1, 0.15) is 5.60 Å². The number of carbonyl (C=O) groups is 3. The number of hydrogen-bond donors (Lipinski definition) is 0. The van der Waals surface area contributed by atoms with E-state index < -0.39 is 29.6 Å². The normalized spacial score (nSPS) is 17.5. The number of imidazole rings is 1. The third kappa shape index (κ3) is 7.45. The first kappa shape index (κ1) is 30.1. The summed E-state index contributed by atoms with van der Waals surface area (Å²) in [4.78, 5) is 48.4. The van der Waals surface area contributed by atoms with Crippen molar-refractivity contribution in [3.63, 3.8) is 0 Å². The molecule has 0 bridgehead atoms. The van der Waals surface area contributed by atoms with Gasteiger partial charge in [-0.3, -0.25) is 9.59 Å². The summed E-state index contributed by atoms with van der Waals surface area (Å²) in [7, 11) is 1.34. The van der Waals surface area contributed by atoms with Crippen LogP contribution in [0.25, 0.3) is 11.0 Å². The predicted molar refractivity (Wildman–Crippen MR) is 157 cm³/mol. The monoisotopic (exact) mass is 562 g/mol. The van der Waals surface area contributed by atoms with Crippen molar-refractivity contribution < 1.29 is 23.9 Å². The predicted octanol–water partition coefficient (Wildman–Crippen LogP) is 5.18. The van der Waals surface area contributed by atoms with Gasteiger partial charge in [0.15, 0.2) is 5.82 Å². The summed E-state index contributed by atoms with van der Waals surface area (Å²) in [6.45, 7) is 11.0. The Hall–Kier alpha value is -3.88.